The summed E-state index contributed by atoms with van der Waals surface area (Å²) in [6, 6.07) is 2.23. The molecular formula is C19H12F8N4O2. The van der Waals surface area contributed by atoms with Crippen LogP contribution in [0.1, 0.15) is 23.2 Å². The van der Waals surface area contributed by atoms with E-state index in [9.17, 15) is 39.9 Å². The molecule has 0 saturated carbocycles. The van der Waals surface area contributed by atoms with Crippen LogP contribution >= 0.6 is 0 Å². The van der Waals surface area contributed by atoms with E-state index in [0.717, 1.165) is 11.0 Å². The van der Waals surface area contributed by atoms with Crippen molar-refractivity contribution in [1.82, 2.24) is 4.98 Å². The van der Waals surface area contributed by atoms with Crippen molar-refractivity contribution < 1.29 is 44.7 Å². The summed E-state index contributed by atoms with van der Waals surface area (Å²) in [5.41, 5.74) is -5.22. The zero-order valence-electron chi connectivity index (χ0n) is 16.2. The van der Waals surface area contributed by atoms with Crippen molar-refractivity contribution >= 4 is 17.4 Å². The molecule has 14 heteroatoms. The first-order valence-corrected chi connectivity index (χ1v) is 9.08. The number of nitrogens with one attached hydrogen (secondary N) is 1. The summed E-state index contributed by atoms with van der Waals surface area (Å²) in [7, 11) is 0. The van der Waals surface area contributed by atoms with E-state index in [4.69, 9.17) is 10.00 Å². The lowest BCUT2D eigenvalue weighted by atomic mass is 10.1. The molecule has 176 valence electrons. The number of aromatic nitrogens is 1. The maximum atomic E-state index is 13.7. The van der Waals surface area contributed by atoms with Crippen LogP contribution in [0.5, 0.6) is 5.75 Å². The molecule has 1 aliphatic rings. The van der Waals surface area contributed by atoms with Gasteiger partial charge in [-0.25, -0.2) is 13.8 Å². The van der Waals surface area contributed by atoms with Crippen LogP contribution < -0.4 is 15.0 Å². The van der Waals surface area contributed by atoms with Crippen LogP contribution in [0, 0.1) is 23.0 Å². The Hall–Kier alpha value is -3.63. The van der Waals surface area contributed by atoms with Crippen LogP contribution in [0.25, 0.3) is 0 Å². The van der Waals surface area contributed by atoms with Gasteiger partial charge in [0.05, 0.1) is 24.4 Å². The Balaban J connectivity index is 1.95. The summed E-state index contributed by atoms with van der Waals surface area (Å²) in [5.74, 6) is -4.75. The molecule has 0 saturated heterocycles. The largest absolute Gasteiger partial charge is 0.491 e. The van der Waals surface area contributed by atoms with E-state index in [1.165, 1.54) is 0 Å². The third-order valence-corrected chi connectivity index (χ3v) is 4.51. The number of pyridine rings is 1. The first-order valence-electron chi connectivity index (χ1n) is 9.08. The molecule has 2 heterocycles. The third-order valence-electron chi connectivity index (χ3n) is 4.51. The first-order chi connectivity index (χ1) is 15.3. The number of rotatable bonds is 3. The summed E-state index contributed by atoms with van der Waals surface area (Å²) >= 11 is 0. The Labute approximate surface area is 180 Å². The lowest BCUT2D eigenvalue weighted by molar-refractivity contribution is -0.145. The highest BCUT2D eigenvalue weighted by atomic mass is 19.4. The fourth-order valence-corrected chi connectivity index (χ4v) is 3.04. The van der Waals surface area contributed by atoms with Crippen molar-refractivity contribution in [3.05, 3.63) is 46.7 Å². The standard InChI is InChI=1S/C19H12F8N4O2/c20-11-5-13-14(6-12(11)21)33-3-1-2-31(13)16(32)8-29-17-9(7-28)10(18(22,23)24)4-15(30-17)19(25,26)27/h4-6H,1-3,8H2,(H,29,30). The van der Waals surface area contributed by atoms with Gasteiger partial charge in [-0.3, -0.25) is 4.79 Å². The molecule has 1 aliphatic heterocycles. The Kier molecular flexibility index (Phi) is 6.35. The molecule has 0 bridgehead atoms. The predicted molar refractivity (Wildman–Crippen MR) is 96.3 cm³/mol. The maximum Gasteiger partial charge on any atom is 0.433 e. The van der Waals surface area contributed by atoms with Crippen LogP contribution in [0.15, 0.2) is 18.2 Å². The molecular weight excluding hydrogens is 468 g/mol. The first kappa shape index (κ1) is 24.0. The number of alkyl halides is 6. The van der Waals surface area contributed by atoms with E-state index >= 15 is 0 Å². The zero-order chi connectivity index (χ0) is 24.6. The minimum atomic E-state index is -5.31. The van der Waals surface area contributed by atoms with Gasteiger partial charge in [-0.1, -0.05) is 0 Å². The smallest absolute Gasteiger partial charge is 0.433 e. The van der Waals surface area contributed by atoms with E-state index in [-0.39, 0.29) is 37.1 Å². The minimum Gasteiger partial charge on any atom is -0.491 e. The van der Waals surface area contributed by atoms with Crippen molar-refractivity contribution in [3.63, 3.8) is 0 Å². The topological polar surface area (TPSA) is 78.2 Å². The number of carbonyl (C=O) groups excluding carboxylic acids is 1. The fourth-order valence-electron chi connectivity index (χ4n) is 3.04. The van der Waals surface area contributed by atoms with Crippen LogP contribution in [0.3, 0.4) is 0 Å². The molecule has 1 aromatic carbocycles. The monoisotopic (exact) mass is 480 g/mol. The molecule has 33 heavy (non-hydrogen) atoms. The van der Waals surface area contributed by atoms with Gasteiger partial charge in [-0.05, 0) is 12.5 Å². The number of amides is 1. The molecule has 6 nitrogen and oxygen atoms in total. The predicted octanol–water partition coefficient (Wildman–Crippen LogP) is 4.50. The average molecular weight is 480 g/mol. The third kappa shape index (κ3) is 5.07. The maximum absolute atomic E-state index is 13.7. The van der Waals surface area contributed by atoms with Crippen LogP contribution in [-0.4, -0.2) is 30.6 Å². The quantitative estimate of drug-likeness (QED) is 0.655. The van der Waals surface area contributed by atoms with Gasteiger partial charge in [0.25, 0.3) is 0 Å². The second kappa shape index (κ2) is 8.72. The lowest BCUT2D eigenvalue weighted by Crippen LogP contribution is -2.36. The lowest BCUT2D eigenvalue weighted by Gasteiger charge is -2.23. The van der Waals surface area contributed by atoms with E-state index in [1.807, 2.05) is 5.32 Å². The highest BCUT2D eigenvalue weighted by Crippen LogP contribution is 2.39. The number of anilines is 2. The van der Waals surface area contributed by atoms with Gasteiger partial charge < -0.3 is 15.0 Å². The summed E-state index contributed by atoms with van der Waals surface area (Å²) < 4.78 is 111. The molecule has 0 unspecified atom stereocenters. The fraction of sp³-hybridized carbons (Fsp3) is 0.316. The highest BCUT2D eigenvalue weighted by Gasteiger charge is 2.41. The average Bonchev–Trinajstić information content (AvgIpc) is 2.92. The van der Waals surface area contributed by atoms with Crippen LogP contribution in [-0.2, 0) is 17.1 Å². The molecule has 0 aliphatic carbocycles. The number of carbonyl (C=O) groups is 1. The summed E-state index contributed by atoms with van der Waals surface area (Å²) in [5, 5.41) is 11.1. The Morgan fingerprint density at radius 2 is 1.79 bits per heavy atom. The number of hydrogen-bond donors (Lipinski definition) is 1. The van der Waals surface area contributed by atoms with Gasteiger partial charge in [-0.15, -0.1) is 0 Å². The van der Waals surface area contributed by atoms with Crippen molar-refractivity contribution in [2.45, 2.75) is 18.8 Å². The second-order valence-corrected chi connectivity index (χ2v) is 6.72. The van der Waals surface area contributed by atoms with E-state index in [2.05, 4.69) is 4.98 Å². The Bertz CT molecular complexity index is 1120. The highest BCUT2D eigenvalue weighted by molar-refractivity contribution is 5.97. The normalized spacial score (nSPS) is 14.1. The summed E-state index contributed by atoms with van der Waals surface area (Å²) in [6.07, 6.45) is -10.4. The van der Waals surface area contributed by atoms with Crippen LogP contribution in [0.2, 0.25) is 0 Å². The number of hydrogen-bond acceptors (Lipinski definition) is 5. The Morgan fingerprint density at radius 1 is 1.12 bits per heavy atom. The van der Waals surface area contributed by atoms with Crippen LogP contribution in [0.4, 0.5) is 46.6 Å². The number of benzene rings is 1. The number of ether oxygens (including phenoxy) is 1. The molecule has 0 atom stereocenters. The molecule has 0 radical (unpaired) electrons. The van der Waals surface area contributed by atoms with Crippen molar-refractivity contribution in [2.75, 3.05) is 29.9 Å². The van der Waals surface area contributed by atoms with Gasteiger partial charge >= 0.3 is 12.4 Å². The molecule has 1 aromatic heterocycles. The second-order valence-electron chi connectivity index (χ2n) is 6.72. The SMILES string of the molecule is N#Cc1c(C(F)(F)F)cc(C(F)(F)F)nc1NCC(=O)N1CCCOc2cc(F)c(F)cc21. The van der Waals surface area contributed by atoms with Crippen molar-refractivity contribution in [2.24, 2.45) is 0 Å². The van der Waals surface area contributed by atoms with Gasteiger partial charge in [-0.2, -0.15) is 31.6 Å². The number of halogens is 8. The summed E-state index contributed by atoms with van der Waals surface area (Å²) in [4.78, 5) is 16.6. The minimum absolute atomic E-state index is 0.0397. The summed E-state index contributed by atoms with van der Waals surface area (Å²) in [6.45, 7) is -0.926. The molecule has 1 amide bonds. The van der Waals surface area contributed by atoms with E-state index < -0.39 is 59.1 Å². The molecule has 0 spiro atoms. The molecule has 2 aromatic rings. The number of nitriles is 1. The zero-order valence-corrected chi connectivity index (χ0v) is 16.2. The molecule has 0 fully saturated rings. The Morgan fingerprint density at radius 3 is 2.39 bits per heavy atom. The van der Waals surface area contributed by atoms with Crippen molar-refractivity contribution in [1.29, 1.82) is 5.26 Å². The van der Waals surface area contributed by atoms with Gasteiger partial charge in [0.2, 0.25) is 5.91 Å². The number of fused-ring (bicyclic) bond motifs is 1. The van der Waals surface area contributed by atoms with E-state index in [1.54, 1.807) is 0 Å². The van der Waals surface area contributed by atoms with Gasteiger partial charge in [0.15, 0.2) is 11.6 Å². The van der Waals surface area contributed by atoms with Crippen molar-refractivity contribution in [3.8, 4) is 11.8 Å². The molecule has 3 rings (SSSR count). The number of nitrogens with zero attached hydrogens (tertiary/aromatic N) is 3. The van der Waals surface area contributed by atoms with Gasteiger partial charge in [0.1, 0.15) is 28.9 Å². The molecule has 1 N–H and O–H groups in total. The van der Waals surface area contributed by atoms with E-state index in [0.29, 0.717) is 12.1 Å². The van der Waals surface area contributed by atoms with Gasteiger partial charge in [0, 0.05) is 18.7 Å².